The van der Waals surface area contributed by atoms with Crippen LogP contribution in [-0.2, 0) is 4.79 Å². The van der Waals surface area contributed by atoms with Crippen LogP contribution in [0.1, 0.15) is 20.8 Å². The molecule has 0 spiro atoms. The smallest absolute Gasteiger partial charge is 0.265 e. The molecule has 3 nitrogen and oxygen atoms in total. The Hall–Kier alpha value is -0.860. The number of hydrogen-bond donors (Lipinski definition) is 1. The fourth-order valence-electron chi connectivity index (χ4n) is 0.815. The highest BCUT2D eigenvalue weighted by Gasteiger charge is 2.11. The highest BCUT2D eigenvalue weighted by molar-refractivity contribution is 6.39. The summed E-state index contributed by atoms with van der Waals surface area (Å²) in [5, 5.41) is 2.56. The first kappa shape index (κ1) is 10.1. The quantitative estimate of drug-likeness (QED) is 0.605. The summed E-state index contributed by atoms with van der Waals surface area (Å²) < 4.78 is 0. The Bertz CT molecular complexity index is 161. The van der Waals surface area contributed by atoms with E-state index >= 15 is 0 Å². The second-order valence-corrected chi connectivity index (χ2v) is 2.59. The lowest BCUT2D eigenvalue weighted by atomic mass is 10.1. The van der Waals surface area contributed by atoms with Gasteiger partial charge in [0, 0.05) is 19.5 Å². The maximum atomic E-state index is 11.1. The fourth-order valence-corrected chi connectivity index (χ4v) is 0.815. The number of carbonyl (C=O) groups excluding carboxylic acids is 1. The van der Waals surface area contributed by atoms with Crippen molar-refractivity contribution in [2.45, 2.75) is 20.8 Å². The Balaban J connectivity index is 4.34. The predicted molar refractivity (Wildman–Crippen MR) is 46.9 cm³/mol. The van der Waals surface area contributed by atoms with E-state index in [1.165, 1.54) is 0 Å². The van der Waals surface area contributed by atoms with Crippen LogP contribution in [0.3, 0.4) is 0 Å². The normalized spacial score (nSPS) is 11.9. The largest absolute Gasteiger partial charge is 0.354 e. The van der Waals surface area contributed by atoms with Crippen molar-refractivity contribution in [1.29, 1.82) is 0 Å². The summed E-state index contributed by atoms with van der Waals surface area (Å²) in [6, 6.07) is 0. The molecule has 0 atom stereocenters. The Morgan fingerprint density at radius 1 is 1.55 bits per heavy atom. The van der Waals surface area contributed by atoms with Gasteiger partial charge < -0.3 is 5.32 Å². The topological polar surface area (TPSA) is 41.5 Å². The van der Waals surface area contributed by atoms with E-state index in [1.54, 1.807) is 7.05 Å². The van der Waals surface area contributed by atoms with E-state index in [0.29, 0.717) is 12.3 Å². The van der Waals surface area contributed by atoms with Gasteiger partial charge in [-0.15, -0.1) is 0 Å². The highest BCUT2D eigenvalue weighted by Crippen LogP contribution is 1.97. The van der Waals surface area contributed by atoms with Crippen molar-refractivity contribution < 1.29 is 4.79 Å². The minimum absolute atomic E-state index is 0.0677. The summed E-state index contributed by atoms with van der Waals surface area (Å²) in [5.74, 6) is 0.136. The SMILES string of the molecule is CCN=C(C(=O)NC)C(C)C. The van der Waals surface area contributed by atoms with Crippen LogP contribution in [0.4, 0.5) is 0 Å². The van der Waals surface area contributed by atoms with Gasteiger partial charge in [-0.05, 0) is 6.92 Å². The molecule has 1 N–H and O–H groups in total. The van der Waals surface area contributed by atoms with Crippen LogP contribution in [-0.4, -0.2) is 25.2 Å². The minimum Gasteiger partial charge on any atom is -0.354 e. The van der Waals surface area contributed by atoms with Crippen molar-refractivity contribution >= 4 is 11.6 Å². The third kappa shape index (κ3) is 3.16. The van der Waals surface area contributed by atoms with E-state index in [0.717, 1.165) is 0 Å². The maximum Gasteiger partial charge on any atom is 0.265 e. The fraction of sp³-hybridized carbons (Fsp3) is 0.750. The highest BCUT2D eigenvalue weighted by atomic mass is 16.1. The van der Waals surface area contributed by atoms with Gasteiger partial charge in [-0.3, -0.25) is 9.79 Å². The average Bonchev–Trinajstić information content (AvgIpc) is 1.98. The molecule has 0 aromatic carbocycles. The molecule has 0 rings (SSSR count). The van der Waals surface area contributed by atoms with Gasteiger partial charge in [-0.1, -0.05) is 13.8 Å². The van der Waals surface area contributed by atoms with Crippen molar-refractivity contribution in [3.05, 3.63) is 0 Å². The van der Waals surface area contributed by atoms with Crippen LogP contribution in [0.2, 0.25) is 0 Å². The zero-order valence-corrected chi connectivity index (χ0v) is 7.64. The monoisotopic (exact) mass is 156 g/mol. The summed E-state index contributed by atoms with van der Waals surface area (Å²) in [6.07, 6.45) is 0. The molecule has 0 aromatic heterocycles. The number of aliphatic imine (C=N–C) groups is 1. The van der Waals surface area contributed by atoms with E-state index in [2.05, 4.69) is 10.3 Å². The van der Waals surface area contributed by atoms with Crippen molar-refractivity contribution in [3.63, 3.8) is 0 Å². The number of nitrogens with zero attached hydrogens (tertiary/aromatic N) is 1. The zero-order valence-electron chi connectivity index (χ0n) is 7.64. The van der Waals surface area contributed by atoms with Gasteiger partial charge in [0.2, 0.25) is 0 Å². The summed E-state index contributed by atoms with van der Waals surface area (Å²) >= 11 is 0. The van der Waals surface area contributed by atoms with Crippen LogP contribution < -0.4 is 5.32 Å². The number of carbonyl (C=O) groups is 1. The molecule has 64 valence electrons. The summed E-state index contributed by atoms with van der Waals surface area (Å²) in [5.41, 5.74) is 0.634. The van der Waals surface area contributed by atoms with Gasteiger partial charge in [-0.2, -0.15) is 0 Å². The molecule has 3 heteroatoms. The van der Waals surface area contributed by atoms with Crippen molar-refractivity contribution in [1.82, 2.24) is 5.32 Å². The van der Waals surface area contributed by atoms with Crippen molar-refractivity contribution in [2.24, 2.45) is 10.9 Å². The molecule has 0 unspecified atom stereocenters. The molecule has 0 bridgehead atoms. The van der Waals surface area contributed by atoms with E-state index in [1.807, 2.05) is 20.8 Å². The van der Waals surface area contributed by atoms with E-state index in [4.69, 9.17) is 0 Å². The average molecular weight is 156 g/mol. The van der Waals surface area contributed by atoms with E-state index in [9.17, 15) is 4.79 Å². The molecule has 0 aliphatic heterocycles. The third-order valence-corrected chi connectivity index (χ3v) is 1.34. The number of rotatable bonds is 3. The summed E-state index contributed by atoms with van der Waals surface area (Å²) in [7, 11) is 1.62. The Morgan fingerprint density at radius 3 is 2.36 bits per heavy atom. The first-order valence-electron chi connectivity index (χ1n) is 3.89. The molecular weight excluding hydrogens is 140 g/mol. The van der Waals surface area contributed by atoms with E-state index in [-0.39, 0.29) is 11.8 Å². The Morgan fingerprint density at radius 2 is 2.09 bits per heavy atom. The van der Waals surface area contributed by atoms with Gasteiger partial charge in [0.25, 0.3) is 5.91 Å². The lowest BCUT2D eigenvalue weighted by Crippen LogP contribution is -2.31. The first-order valence-corrected chi connectivity index (χ1v) is 3.89. The Kier molecular flexibility index (Phi) is 4.50. The first-order chi connectivity index (χ1) is 5.13. The summed E-state index contributed by atoms with van der Waals surface area (Å²) in [4.78, 5) is 15.2. The lowest BCUT2D eigenvalue weighted by molar-refractivity contribution is -0.114. The minimum atomic E-state index is -0.0677. The molecule has 0 radical (unpaired) electrons. The molecular formula is C8H16N2O. The van der Waals surface area contributed by atoms with Crippen molar-refractivity contribution in [2.75, 3.05) is 13.6 Å². The molecule has 0 heterocycles. The number of hydrogen-bond acceptors (Lipinski definition) is 2. The predicted octanol–water partition coefficient (Wildman–Crippen LogP) is 0.849. The maximum absolute atomic E-state index is 11.1. The second kappa shape index (κ2) is 4.88. The summed E-state index contributed by atoms with van der Waals surface area (Å²) in [6.45, 7) is 6.51. The van der Waals surface area contributed by atoms with Gasteiger partial charge in [0.15, 0.2) is 0 Å². The number of nitrogens with one attached hydrogen (secondary N) is 1. The third-order valence-electron chi connectivity index (χ3n) is 1.34. The molecule has 0 aromatic rings. The standard InChI is InChI=1S/C8H16N2O/c1-5-10-7(6(2)3)8(11)9-4/h6H,5H2,1-4H3,(H,9,11). The van der Waals surface area contributed by atoms with Gasteiger partial charge in [0.1, 0.15) is 5.71 Å². The van der Waals surface area contributed by atoms with Gasteiger partial charge in [0.05, 0.1) is 0 Å². The molecule has 11 heavy (non-hydrogen) atoms. The number of amides is 1. The second-order valence-electron chi connectivity index (χ2n) is 2.59. The molecule has 0 aliphatic carbocycles. The van der Waals surface area contributed by atoms with Gasteiger partial charge in [-0.25, -0.2) is 0 Å². The molecule has 0 saturated carbocycles. The molecule has 1 amide bonds. The molecule has 0 saturated heterocycles. The Labute approximate surface area is 67.9 Å². The van der Waals surface area contributed by atoms with Crippen molar-refractivity contribution in [3.8, 4) is 0 Å². The van der Waals surface area contributed by atoms with E-state index < -0.39 is 0 Å². The van der Waals surface area contributed by atoms with Gasteiger partial charge >= 0.3 is 0 Å². The molecule has 0 fully saturated rings. The van der Waals surface area contributed by atoms with Crippen LogP contribution >= 0.6 is 0 Å². The molecule has 0 aliphatic rings. The zero-order chi connectivity index (χ0) is 8.85. The van der Waals surface area contributed by atoms with Crippen LogP contribution in [0.15, 0.2) is 4.99 Å². The van der Waals surface area contributed by atoms with Crippen LogP contribution in [0.5, 0.6) is 0 Å². The van der Waals surface area contributed by atoms with Crippen LogP contribution in [0.25, 0.3) is 0 Å². The lowest BCUT2D eigenvalue weighted by Gasteiger charge is -2.07. The van der Waals surface area contributed by atoms with Crippen LogP contribution in [0, 0.1) is 5.92 Å².